The molecule has 0 aliphatic carbocycles. The number of rotatable bonds is 3. The molecule has 0 spiro atoms. The second-order valence-corrected chi connectivity index (χ2v) is 6.87. The van der Waals surface area contributed by atoms with Crippen LogP contribution >= 0.6 is 0 Å². The van der Waals surface area contributed by atoms with Crippen molar-refractivity contribution in [1.29, 1.82) is 0 Å². The number of amides is 3. The molecule has 136 valence electrons. The summed E-state index contributed by atoms with van der Waals surface area (Å²) in [6.07, 6.45) is 0.302. The Balaban J connectivity index is 1.43. The van der Waals surface area contributed by atoms with Crippen molar-refractivity contribution in [2.24, 2.45) is 0 Å². The van der Waals surface area contributed by atoms with Gasteiger partial charge in [-0.25, -0.2) is 4.79 Å². The fourth-order valence-corrected chi connectivity index (χ4v) is 3.46. The largest absolute Gasteiger partial charge is 0.333 e. The third-order valence-electron chi connectivity index (χ3n) is 4.84. The van der Waals surface area contributed by atoms with Gasteiger partial charge in [-0.05, 0) is 30.5 Å². The number of urea groups is 1. The highest BCUT2D eigenvalue weighted by atomic mass is 16.2. The molecule has 2 N–H and O–H groups in total. The van der Waals surface area contributed by atoms with Gasteiger partial charge in [0.15, 0.2) is 0 Å². The van der Waals surface area contributed by atoms with Crippen molar-refractivity contribution in [3.05, 3.63) is 72.3 Å². The number of nitrogens with zero attached hydrogens (tertiary/aromatic N) is 1. The predicted octanol–water partition coefficient (Wildman–Crippen LogP) is 4.08. The van der Waals surface area contributed by atoms with Gasteiger partial charge in [-0.3, -0.25) is 4.79 Å². The predicted molar refractivity (Wildman–Crippen MR) is 108 cm³/mol. The first kappa shape index (κ1) is 17.1. The summed E-state index contributed by atoms with van der Waals surface area (Å²) in [5, 5.41) is 7.88. The molecular formula is C22H21N3O2. The first-order chi connectivity index (χ1) is 13.1. The lowest BCUT2D eigenvalue weighted by molar-refractivity contribution is -0.117. The lowest BCUT2D eigenvalue weighted by Crippen LogP contribution is -2.39. The van der Waals surface area contributed by atoms with E-state index in [0.29, 0.717) is 13.0 Å². The van der Waals surface area contributed by atoms with Gasteiger partial charge in [-0.1, -0.05) is 54.1 Å². The Morgan fingerprint density at radius 2 is 1.74 bits per heavy atom. The molecule has 1 aliphatic heterocycles. The summed E-state index contributed by atoms with van der Waals surface area (Å²) in [7, 11) is 0. The van der Waals surface area contributed by atoms with E-state index < -0.39 is 0 Å². The summed E-state index contributed by atoms with van der Waals surface area (Å²) >= 11 is 0. The Hall–Kier alpha value is -3.34. The second kappa shape index (κ2) is 7.11. The summed E-state index contributed by atoms with van der Waals surface area (Å²) in [6, 6.07) is 21.0. The molecule has 3 aromatic carbocycles. The molecule has 0 unspecified atom stereocenters. The van der Waals surface area contributed by atoms with Crippen LogP contribution in [0.5, 0.6) is 0 Å². The van der Waals surface area contributed by atoms with E-state index in [9.17, 15) is 9.59 Å². The maximum atomic E-state index is 12.5. The van der Waals surface area contributed by atoms with Gasteiger partial charge in [-0.2, -0.15) is 0 Å². The van der Waals surface area contributed by atoms with Crippen molar-refractivity contribution >= 4 is 34.1 Å². The van der Waals surface area contributed by atoms with Crippen molar-refractivity contribution in [3.8, 4) is 0 Å². The molecule has 4 rings (SSSR count). The van der Waals surface area contributed by atoms with E-state index in [1.807, 2.05) is 73.7 Å². The van der Waals surface area contributed by atoms with Crippen molar-refractivity contribution in [1.82, 2.24) is 5.32 Å². The smallest absolute Gasteiger partial charge is 0.319 e. The number of hydrogen-bond donors (Lipinski definition) is 2. The molecule has 1 heterocycles. The monoisotopic (exact) mass is 359 g/mol. The third-order valence-corrected chi connectivity index (χ3v) is 4.84. The van der Waals surface area contributed by atoms with Crippen LogP contribution in [0.3, 0.4) is 0 Å². The van der Waals surface area contributed by atoms with Gasteiger partial charge in [0.05, 0.1) is 11.7 Å². The Labute approximate surface area is 158 Å². The molecule has 5 heteroatoms. The highest BCUT2D eigenvalue weighted by molar-refractivity contribution is 6.02. The quantitative estimate of drug-likeness (QED) is 0.740. The number of aryl methyl sites for hydroxylation is 1. The minimum absolute atomic E-state index is 0.0225. The molecular weight excluding hydrogens is 338 g/mol. The van der Waals surface area contributed by atoms with Crippen LogP contribution in [0, 0.1) is 6.92 Å². The maximum absolute atomic E-state index is 12.5. The van der Waals surface area contributed by atoms with E-state index >= 15 is 0 Å². The Kier molecular flexibility index (Phi) is 4.50. The molecule has 0 saturated carbocycles. The lowest BCUT2D eigenvalue weighted by atomic mass is 10.1. The van der Waals surface area contributed by atoms with Crippen LogP contribution in [-0.2, 0) is 4.79 Å². The standard InChI is InChI=1S/C22H21N3O2/c1-15-9-11-18(12-10-15)25-14-17(13-21(25)26)23-22(27)24-20-8-4-6-16-5-2-3-7-19(16)20/h2-12,17H,13-14H2,1H3,(H2,23,24,27)/t17-/m0/s1. The van der Waals surface area contributed by atoms with E-state index in [-0.39, 0.29) is 18.0 Å². The molecule has 5 nitrogen and oxygen atoms in total. The summed E-state index contributed by atoms with van der Waals surface area (Å²) < 4.78 is 0. The summed E-state index contributed by atoms with van der Waals surface area (Å²) in [5.41, 5.74) is 2.77. The summed E-state index contributed by atoms with van der Waals surface area (Å²) in [4.78, 5) is 26.5. The number of fused-ring (bicyclic) bond motifs is 1. The topological polar surface area (TPSA) is 61.4 Å². The van der Waals surface area contributed by atoms with E-state index in [2.05, 4.69) is 10.6 Å². The first-order valence-electron chi connectivity index (χ1n) is 9.02. The van der Waals surface area contributed by atoms with Crippen molar-refractivity contribution in [2.45, 2.75) is 19.4 Å². The van der Waals surface area contributed by atoms with Gasteiger partial charge in [0.25, 0.3) is 0 Å². The van der Waals surface area contributed by atoms with Crippen LogP contribution in [0.25, 0.3) is 10.8 Å². The van der Waals surface area contributed by atoms with Crippen LogP contribution in [0.1, 0.15) is 12.0 Å². The summed E-state index contributed by atoms with van der Waals surface area (Å²) in [6.45, 7) is 2.49. The molecule has 1 atom stereocenters. The van der Waals surface area contributed by atoms with Crippen LogP contribution in [0.4, 0.5) is 16.2 Å². The molecule has 0 radical (unpaired) electrons. The number of carbonyl (C=O) groups excluding carboxylic acids is 2. The zero-order valence-corrected chi connectivity index (χ0v) is 15.1. The number of hydrogen-bond acceptors (Lipinski definition) is 2. The van der Waals surface area contributed by atoms with Crippen molar-refractivity contribution in [2.75, 3.05) is 16.8 Å². The van der Waals surface area contributed by atoms with Crippen LogP contribution in [0.15, 0.2) is 66.7 Å². The number of carbonyl (C=O) groups is 2. The van der Waals surface area contributed by atoms with Gasteiger partial charge in [0.2, 0.25) is 5.91 Å². The van der Waals surface area contributed by atoms with Gasteiger partial charge in [0, 0.05) is 24.0 Å². The van der Waals surface area contributed by atoms with Crippen molar-refractivity contribution in [3.63, 3.8) is 0 Å². The highest BCUT2D eigenvalue weighted by Crippen LogP contribution is 2.24. The average molecular weight is 359 g/mol. The van der Waals surface area contributed by atoms with Gasteiger partial charge < -0.3 is 15.5 Å². The average Bonchev–Trinajstić information content (AvgIpc) is 3.02. The third kappa shape index (κ3) is 3.62. The molecule has 27 heavy (non-hydrogen) atoms. The maximum Gasteiger partial charge on any atom is 0.319 e. The fraction of sp³-hybridized carbons (Fsp3) is 0.182. The van der Waals surface area contributed by atoms with Gasteiger partial charge >= 0.3 is 6.03 Å². The first-order valence-corrected chi connectivity index (χ1v) is 9.02. The van der Waals surface area contributed by atoms with Crippen LogP contribution in [-0.4, -0.2) is 24.5 Å². The molecule has 0 aromatic heterocycles. The molecule has 1 aliphatic rings. The second-order valence-electron chi connectivity index (χ2n) is 6.87. The van der Waals surface area contributed by atoms with Crippen molar-refractivity contribution < 1.29 is 9.59 Å². The number of anilines is 2. The SMILES string of the molecule is Cc1ccc(N2C[C@@H](NC(=O)Nc3cccc4ccccc34)CC2=O)cc1. The van der Waals surface area contributed by atoms with Gasteiger partial charge in [0.1, 0.15) is 0 Å². The van der Waals surface area contributed by atoms with Crippen LogP contribution < -0.4 is 15.5 Å². The lowest BCUT2D eigenvalue weighted by Gasteiger charge is -2.18. The fourth-order valence-electron chi connectivity index (χ4n) is 3.46. The number of benzene rings is 3. The Bertz CT molecular complexity index is 993. The molecule has 1 saturated heterocycles. The van der Waals surface area contributed by atoms with Crippen LogP contribution in [0.2, 0.25) is 0 Å². The molecule has 0 bridgehead atoms. The zero-order valence-electron chi connectivity index (χ0n) is 15.1. The zero-order chi connectivity index (χ0) is 18.8. The van der Waals surface area contributed by atoms with Gasteiger partial charge in [-0.15, -0.1) is 0 Å². The van der Waals surface area contributed by atoms with E-state index in [0.717, 1.165) is 27.7 Å². The van der Waals surface area contributed by atoms with E-state index in [1.165, 1.54) is 0 Å². The number of nitrogens with one attached hydrogen (secondary N) is 2. The minimum Gasteiger partial charge on any atom is -0.333 e. The molecule has 3 amide bonds. The highest BCUT2D eigenvalue weighted by Gasteiger charge is 2.31. The van der Waals surface area contributed by atoms with E-state index in [4.69, 9.17) is 0 Å². The summed E-state index contributed by atoms with van der Waals surface area (Å²) in [5.74, 6) is 0.0225. The van der Waals surface area contributed by atoms with E-state index in [1.54, 1.807) is 4.90 Å². The Morgan fingerprint density at radius 3 is 2.56 bits per heavy atom. The normalized spacial score (nSPS) is 16.6. The Morgan fingerprint density at radius 1 is 1.00 bits per heavy atom. The molecule has 3 aromatic rings. The molecule has 1 fully saturated rings. The minimum atomic E-state index is -0.296.